The lowest BCUT2D eigenvalue weighted by molar-refractivity contribution is -0.137. The Morgan fingerprint density at radius 1 is 1.35 bits per heavy atom. The standard InChI is InChI=1S/C13H13ClF3N3O2S/c1-3-20-8(2)12(7-18-20)23(21,22)19-9-4-5-11(14)10(6-9)13(15,16)17/h4-7,19H,3H2,1-2H3. The molecule has 0 unspecified atom stereocenters. The maximum Gasteiger partial charge on any atom is 0.417 e. The van der Waals surface area contributed by atoms with Crippen LogP contribution in [-0.4, -0.2) is 18.2 Å². The first-order chi connectivity index (χ1) is 10.6. The summed E-state index contributed by atoms with van der Waals surface area (Å²) in [5.41, 5.74) is -0.948. The normalized spacial score (nSPS) is 12.4. The van der Waals surface area contributed by atoms with E-state index in [0.717, 1.165) is 18.3 Å². The lowest BCUT2D eigenvalue weighted by atomic mass is 10.2. The summed E-state index contributed by atoms with van der Waals surface area (Å²) >= 11 is 5.51. The van der Waals surface area contributed by atoms with Crippen LogP contribution in [0, 0.1) is 6.92 Å². The topological polar surface area (TPSA) is 64.0 Å². The third-order valence-electron chi connectivity index (χ3n) is 3.17. The zero-order valence-corrected chi connectivity index (χ0v) is 13.7. The molecule has 1 aromatic carbocycles. The molecule has 1 aromatic heterocycles. The minimum atomic E-state index is -4.68. The summed E-state index contributed by atoms with van der Waals surface area (Å²) in [6.45, 7) is 3.83. The highest BCUT2D eigenvalue weighted by Gasteiger charge is 2.33. The maximum atomic E-state index is 12.8. The Labute approximate surface area is 136 Å². The van der Waals surface area contributed by atoms with Crippen molar-refractivity contribution in [3.05, 3.63) is 40.7 Å². The average Bonchev–Trinajstić information content (AvgIpc) is 2.81. The first-order valence-electron chi connectivity index (χ1n) is 6.48. The van der Waals surface area contributed by atoms with Crippen molar-refractivity contribution < 1.29 is 21.6 Å². The fraction of sp³-hybridized carbons (Fsp3) is 0.308. The van der Waals surface area contributed by atoms with Crippen LogP contribution in [0.3, 0.4) is 0 Å². The highest BCUT2D eigenvalue weighted by Crippen LogP contribution is 2.36. The van der Waals surface area contributed by atoms with Crippen LogP contribution in [0.25, 0.3) is 0 Å². The molecule has 0 bridgehead atoms. The predicted molar refractivity (Wildman–Crippen MR) is 79.9 cm³/mol. The van der Waals surface area contributed by atoms with Gasteiger partial charge in [0.25, 0.3) is 10.0 Å². The molecular formula is C13H13ClF3N3O2S. The number of halogens is 4. The molecule has 1 heterocycles. The molecule has 5 nitrogen and oxygen atoms in total. The number of benzene rings is 1. The molecule has 23 heavy (non-hydrogen) atoms. The maximum absolute atomic E-state index is 12.8. The number of sulfonamides is 1. The number of nitrogens with zero attached hydrogens (tertiary/aromatic N) is 2. The molecule has 0 saturated carbocycles. The van der Waals surface area contributed by atoms with Crippen LogP contribution in [0.2, 0.25) is 5.02 Å². The molecule has 0 aliphatic heterocycles. The number of nitrogens with one attached hydrogen (secondary N) is 1. The molecule has 0 radical (unpaired) electrons. The Morgan fingerprint density at radius 3 is 2.52 bits per heavy atom. The van der Waals surface area contributed by atoms with Crippen molar-refractivity contribution in [2.24, 2.45) is 0 Å². The molecular weight excluding hydrogens is 355 g/mol. The number of aromatic nitrogens is 2. The zero-order chi connectivity index (χ0) is 17.4. The van der Waals surface area contributed by atoms with Crippen LogP contribution >= 0.6 is 11.6 Å². The second kappa shape index (κ2) is 6.04. The van der Waals surface area contributed by atoms with E-state index in [1.165, 1.54) is 4.68 Å². The van der Waals surface area contributed by atoms with Gasteiger partial charge in [-0.3, -0.25) is 9.40 Å². The van der Waals surface area contributed by atoms with Gasteiger partial charge in [-0.2, -0.15) is 18.3 Å². The number of anilines is 1. The van der Waals surface area contributed by atoms with E-state index in [0.29, 0.717) is 18.3 Å². The van der Waals surface area contributed by atoms with Crippen molar-refractivity contribution in [1.29, 1.82) is 0 Å². The van der Waals surface area contributed by atoms with E-state index in [2.05, 4.69) is 9.82 Å². The minimum Gasteiger partial charge on any atom is -0.280 e. The third kappa shape index (κ3) is 3.61. The Morgan fingerprint density at radius 2 is 2.00 bits per heavy atom. The van der Waals surface area contributed by atoms with Gasteiger partial charge in [0.15, 0.2) is 0 Å². The summed E-state index contributed by atoms with van der Waals surface area (Å²) in [5.74, 6) is 0. The van der Waals surface area contributed by atoms with Crippen LogP contribution < -0.4 is 4.72 Å². The van der Waals surface area contributed by atoms with Crippen LogP contribution in [0.15, 0.2) is 29.3 Å². The summed E-state index contributed by atoms with van der Waals surface area (Å²) in [6.07, 6.45) is -3.52. The molecule has 2 aromatic rings. The molecule has 0 spiro atoms. The third-order valence-corrected chi connectivity index (χ3v) is 4.99. The number of alkyl halides is 3. The van der Waals surface area contributed by atoms with E-state index in [1.54, 1.807) is 13.8 Å². The molecule has 126 valence electrons. The fourth-order valence-electron chi connectivity index (χ4n) is 2.03. The lowest BCUT2D eigenvalue weighted by Gasteiger charge is -2.12. The molecule has 10 heteroatoms. The number of aryl methyl sites for hydroxylation is 1. The van der Waals surface area contributed by atoms with Crippen molar-refractivity contribution in [3.8, 4) is 0 Å². The van der Waals surface area contributed by atoms with E-state index in [4.69, 9.17) is 11.6 Å². The molecule has 0 fully saturated rings. The average molecular weight is 368 g/mol. The Bertz CT molecular complexity index is 831. The monoisotopic (exact) mass is 367 g/mol. The van der Waals surface area contributed by atoms with Crippen LogP contribution in [0.5, 0.6) is 0 Å². The van der Waals surface area contributed by atoms with Gasteiger partial charge in [-0.15, -0.1) is 0 Å². The zero-order valence-electron chi connectivity index (χ0n) is 12.1. The van der Waals surface area contributed by atoms with Gasteiger partial charge in [-0.1, -0.05) is 11.6 Å². The van der Waals surface area contributed by atoms with Crippen molar-refractivity contribution >= 4 is 27.3 Å². The lowest BCUT2D eigenvalue weighted by Crippen LogP contribution is -2.15. The van der Waals surface area contributed by atoms with Crippen LogP contribution in [-0.2, 0) is 22.7 Å². The second-order valence-electron chi connectivity index (χ2n) is 4.71. The molecule has 2 rings (SSSR count). The largest absolute Gasteiger partial charge is 0.417 e. The van der Waals surface area contributed by atoms with Crippen molar-refractivity contribution in [2.45, 2.75) is 31.5 Å². The second-order valence-corrected chi connectivity index (χ2v) is 6.77. The van der Waals surface area contributed by atoms with E-state index < -0.39 is 26.8 Å². The van der Waals surface area contributed by atoms with Gasteiger partial charge in [0.2, 0.25) is 0 Å². The van der Waals surface area contributed by atoms with Crippen molar-refractivity contribution in [3.63, 3.8) is 0 Å². The van der Waals surface area contributed by atoms with E-state index in [1.807, 2.05) is 0 Å². The van der Waals surface area contributed by atoms with Crippen molar-refractivity contribution in [1.82, 2.24) is 9.78 Å². The Hall–Kier alpha value is -1.74. The van der Waals surface area contributed by atoms with Gasteiger partial charge >= 0.3 is 6.18 Å². The molecule has 0 aliphatic carbocycles. The highest BCUT2D eigenvalue weighted by molar-refractivity contribution is 7.92. The number of hydrogen-bond donors (Lipinski definition) is 1. The van der Waals surface area contributed by atoms with Crippen molar-refractivity contribution in [2.75, 3.05) is 4.72 Å². The molecule has 0 saturated heterocycles. The van der Waals surface area contributed by atoms with Gasteiger partial charge in [0.1, 0.15) is 4.90 Å². The van der Waals surface area contributed by atoms with E-state index >= 15 is 0 Å². The predicted octanol–water partition coefficient (Wildman–Crippen LogP) is 3.68. The number of hydrogen-bond acceptors (Lipinski definition) is 3. The Balaban J connectivity index is 2.40. The first kappa shape index (κ1) is 17.6. The number of rotatable bonds is 4. The summed E-state index contributed by atoms with van der Waals surface area (Å²) in [4.78, 5) is -0.0946. The molecule has 0 atom stereocenters. The van der Waals surface area contributed by atoms with E-state index in [-0.39, 0.29) is 10.6 Å². The van der Waals surface area contributed by atoms with Gasteiger partial charge < -0.3 is 0 Å². The van der Waals surface area contributed by atoms with Gasteiger partial charge in [-0.25, -0.2) is 8.42 Å². The highest BCUT2D eigenvalue weighted by atomic mass is 35.5. The van der Waals surface area contributed by atoms with E-state index in [9.17, 15) is 21.6 Å². The summed E-state index contributed by atoms with van der Waals surface area (Å²) in [6, 6.07) is 2.80. The van der Waals surface area contributed by atoms with Gasteiger partial charge in [0.05, 0.1) is 22.5 Å². The van der Waals surface area contributed by atoms with Crippen LogP contribution in [0.1, 0.15) is 18.2 Å². The molecule has 0 aliphatic rings. The Kier molecular flexibility index (Phi) is 4.63. The summed E-state index contributed by atoms with van der Waals surface area (Å²) in [7, 11) is -4.05. The van der Waals surface area contributed by atoms with Gasteiger partial charge in [0, 0.05) is 12.2 Å². The van der Waals surface area contributed by atoms with Crippen LogP contribution in [0.4, 0.5) is 18.9 Å². The first-order valence-corrected chi connectivity index (χ1v) is 8.34. The smallest absolute Gasteiger partial charge is 0.280 e. The summed E-state index contributed by atoms with van der Waals surface area (Å²) < 4.78 is 66.7. The minimum absolute atomic E-state index is 0.0946. The SMILES string of the molecule is CCn1ncc(S(=O)(=O)Nc2ccc(Cl)c(C(F)(F)F)c2)c1C. The fourth-order valence-corrected chi connectivity index (χ4v) is 3.48. The van der Waals surface area contributed by atoms with Gasteiger partial charge in [-0.05, 0) is 32.0 Å². The summed E-state index contributed by atoms with van der Waals surface area (Å²) in [5, 5.41) is 3.41. The molecule has 1 N–H and O–H groups in total. The quantitative estimate of drug-likeness (QED) is 0.896. The molecule has 0 amide bonds.